The van der Waals surface area contributed by atoms with Crippen molar-refractivity contribution in [3.8, 4) is 11.5 Å². The predicted molar refractivity (Wildman–Crippen MR) is 85.5 cm³/mol. The van der Waals surface area contributed by atoms with Gasteiger partial charge in [0.2, 0.25) is 0 Å². The van der Waals surface area contributed by atoms with E-state index in [-0.39, 0.29) is 35.2 Å². The number of phenols is 2. The molecule has 0 radical (unpaired) electrons. The van der Waals surface area contributed by atoms with E-state index in [4.69, 9.17) is 4.74 Å². The van der Waals surface area contributed by atoms with Crippen molar-refractivity contribution in [1.29, 1.82) is 0 Å². The van der Waals surface area contributed by atoms with Crippen molar-refractivity contribution >= 4 is 11.8 Å². The molecule has 1 heterocycles. The van der Waals surface area contributed by atoms with E-state index in [0.29, 0.717) is 6.42 Å². The van der Waals surface area contributed by atoms with Gasteiger partial charge in [0.05, 0.1) is 0 Å². The molecule has 0 unspecified atom stereocenters. The molecule has 1 aliphatic heterocycles. The van der Waals surface area contributed by atoms with Gasteiger partial charge in [-0.05, 0) is 37.5 Å². The van der Waals surface area contributed by atoms with Crippen molar-refractivity contribution in [1.82, 2.24) is 0 Å². The normalized spacial score (nSPS) is 21.2. The molecule has 5 nitrogen and oxygen atoms in total. The summed E-state index contributed by atoms with van der Waals surface area (Å²) in [7, 11) is 0. The highest BCUT2D eigenvalue weighted by atomic mass is 16.5. The van der Waals surface area contributed by atoms with Crippen molar-refractivity contribution in [3.05, 3.63) is 47.6 Å². The molecule has 1 aromatic rings. The number of hydrogen-bond acceptors (Lipinski definition) is 5. The highest BCUT2D eigenvalue weighted by Crippen LogP contribution is 2.29. The monoisotopic (exact) mass is 316 g/mol. The topological polar surface area (TPSA) is 83.8 Å². The lowest BCUT2D eigenvalue weighted by atomic mass is 10.00. The number of aromatic hydroxyl groups is 2. The van der Waals surface area contributed by atoms with E-state index in [9.17, 15) is 19.8 Å². The van der Waals surface area contributed by atoms with Gasteiger partial charge in [-0.2, -0.15) is 0 Å². The highest BCUT2D eigenvalue weighted by molar-refractivity contribution is 5.98. The van der Waals surface area contributed by atoms with Crippen LogP contribution in [0.15, 0.2) is 36.4 Å². The molecular weight excluding hydrogens is 296 g/mol. The van der Waals surface area contributed by atoms with Crippen LogP contribution in [0.4, 0.5) is 0 Å². The molecule has 2 N–H and O–H groups in total. The summed E-state index contributed by atoms with van der Waals surface area (Å²) in [5.41, 5.74) is 0.180. The van der Waals surface area contributed by atoms with Crippen LogP contribution in [0.3, 0.4) is 0 Å². The van der Waals surface area contributed by atoms with E-state index in [1.54, 1.807) is 13.0 Å². The number of rotatable bonds is 0. The molecule has 1 atom stereocenters. The van der Waals surface area contributed by atoms with Gasteiger partial charge in [0.25, 0.3) is 0 Å². The van der Waals surface area contributed by atoms with Crippen molar-refractivity contribution in [2.75, 3.05) is 0 Å². The summed E-state index contributed by atoms with van der Waals surface area (Å²) in [6.07, 6.45) is 8.83. The molecule has 23 heavy (non-hydrogen) atoms. The predicted octanol–water partition coefficient (Wildman–Crippen LogP) is 3.05. The molecule has 0 fully saturated rings. The maximum absolute atomic E-state index is 12.3. The first-order valence-corrected chi connectivity index (χ1v) is 7.57. The fourth-order valence-electron chi connectivity index (χ4n) is 2.39. The average Bonchev–Trinajstić information content (AvgIpc) is 2.44. The lowest BCUT2D eigenvalue weighted by Gasteiger charge is -2.15. The van der Waals surface area contributed by atoms with Gasteiger partial charge in [-0.1, -0.05) is 18.2 Å². The minimum Gasteiger partial charge on any atom is -0.508 e. The Hall–Kier alpha value is -2.56. The quantitative estimate of drug-likeness (QED) is 0.568. The molecule has 1 aromatic carbocycles. The van der Waals surface area contributed by atoms with Gasteiger partial charge in [-0.3, -0.25) is 4.79 Å². The second-order valence-electron chi connectivity index (χ2n) is 5.54. The standard InChI is InChI=1S/C18H20O5/c1-12-7-5-3-2-4-6-8-14(19)9-13-10-15(20)11-16(21)17(13)18(22)23-12/h3,5-6,8,10-12,20-21H,2,4,7,9H2,1H3/b5-3-,8-6?/t12-/m1/s1. The maximum atomic E-state index is 12.3. The summed E-state index contributed by atoms with van der Waals surface area (Å²) >= 11 is 0. The van der Waals surface area contributed by atoms with Gasteiger partial charge in [-0.15, -0.1) is 0 Å². The Balaban J connectivity index is 2.40. The van der Waals surface area contributed by atoms with E-state index in [0.717, 1.165) is 18.9 Å². The zero-order valence-corrected chi connectivity index (χ0v) is 13.0. The average molecular weight is 316 g/mol. The Kier molecular flexibility index (Phi) is 5.57. The zero-order valence-electron chi connectivity index (χ0n) is 13.0. The summed E-state index contributed by atoms with van der Waals surface area (Å²) in [5, 5.41) is 19.6. The molecule has 0 aromatic heterocycles. The van der Waals surface area contributed by atoms with Crippen LogP contribution in [0, 0.1) is 0 Å². The fourth-order valence-corrected chi connectivity index (χ4v) is 2.39. The molecule has 0 bridgehead atoms. The van der Waals surface area contributed by atoms with Crippen molar-refractivity contribution in [2.45, 2.75) is 38.7 Å². The number of esters is 1. The molecule has 0 saturated carbocycles. The van der Waals surface area contributed by atoms with Gasteiger partial charge in [0, 0.05) is 18.9 Å². The second kappa shape index (κ2) is 7.63. The van der Waals surface area contributed by atoms with Gasteiger partial charge >= 0.3 is 5.97 Å². The van der Waals surface area contributed by atoms with Crippen molar-refractivity contribution in [2.24, 2.45) is 0 Å². The first-order chi connectivity index (χ1) is 11.0. The summed E-state index contributed by atoms with van der Waals surface area (Å²) in [5.74, 6) is -1.51. The summed E-state index contributed by atoms with van der Waals surface area (Å²) < 4.78 is 5.32. The Morgan fingerprint density at radius 2 is 1.83 bits per heavy atom. The van der Waals surface area contributed by atoms with Crippen LogP contribution in [0.1, 0.15) is 42.1 Å². The smallest absolute Gasteiger partial charge is 0.342 e. The third-order valence-corrected chi connectivity index (χ3v) is 3.50. The molecule has 122 valence electrons. The maximum Gasteiger partial charge on any atom is 0.342 e. The third kappa shape index (κ3) is 4.71. The largest absolute Gasteiger partial charge is 0.508 e. The number of phenolic OH excluding ortho intramolecular Hbond substituents is 2. The number of fused-ring (bicyclic) bond motifs is 1. The van der Waals surface area contributed by atoms with E-state index in [1.807, 2.05) is 12.2 Å². The van der Waals surface area contributed by atoms with Crippen LogP contribution in [0.2, 0.25) is 0 Å². The molecule has 0 spiro atoms. The van der Waals surface area contributed by atoms with Gasteiger partial charge in [-0.25, -0.2) is 4.79 Å². The van der Waals surface area contributed by atoms with Crippen LogP contribution < -0.4 is 0 Å². The lowest BCUT2D eigenvalue weighted by molar-refractivity contribution is -0.114. The number of benzene rings is 1. The molecule has 0 aliphatic carbocycles. The molecule has 5 heteroatoms. The first kappa shape index (κ1) is 16.8. The van der Waals surface area contributed by atoms with Crippen LogP contribution in [-0.4, -0.2) is 28.1 Å². The summed E-state index contributed by atoms with van der Waals surface area (Å²) in [6.45, 7) is 1.76. The summed E-state index contributed by atoms with van der Waals surface area (Å²) in [6, 6.07) is 2.37. The molecule has 2 rings (SSSR count). The SMILES string of the molecule is C[C@@H]1C/C=C\CCC=CC(=O)Cc2cc(O)cc(O)c2C(=O)O1. The Morgan fingerprint density at radius 1 is 1.09 bits per heavy atom. The van der Waals surface area contributed by atoms with Crippen LogP contribution in [0.5, 0.6) is 11.5 Å². The Morgan fingerprint density at radius 3 is 2.61 bits per heavy atom. The van der Waals surface area contributed by atoms with E-state index in [1.165, 1.54) is 12.1 Å². The first-order valence-electron chi connectivity index (χ1n) is 7.57. The van der Waals surface area contributed by atoms with Gasteiger partial charge in [0.15, 0.2) is 5.78 Å². The molecular formula is C18H20O5. The summed E-state index contributed by atoms with van der Waals surface area (Å²) in [4.78, 5) is 24.3. The lowest BCUT2D eigenvalue weighted by Crippen LogP contribution is -2.17. The van der Waals surface area contributed by atoms with Crippen LogP contribution in [-0.2, 0) is 16.0 Å². The number of cyclic esters (lactones) is 1. The van der Waals surface area contributed by atoms with Crippen LogP contribution in [0.25, 0.3) is 0 Å². The highest BCUT2D eigenvalue weighted by Gasteiger charge is 2.22. The van der Waals surface area contributed by atoms with Crippen molar-refractivity contribution < 1.29 is 24.5 Å². The molecule has 0 saturated heterocycles. The number of ether oxygens (including phenoxy) is 1. The molecule has 1 aliphatic rings. The Bertz CT molecular complexity index is 658. The van der Waals surface area contributed by atoms with Gasteiger partial charge in [0.1, 0.15) is 23.2 Å². The second-order valence-corrected chi connectivity index (χ2v) is 5.54. The zero-order chi connectivity index (χ0) is 16.8. The van der Waals surface area contributed by atoms with E-state index >= 15 is 0 Å². The minimum absolute atomic E-state index is 0.0718. The third-order valence-electron chi connectivity index (χ3n) is 3.50. The van der Waals surface area contributed by atoms with Gasteiger partial charge < -0.3 is 14.9 Å². The van der Waals surface area contributed by atoms with Crippen LogP contribution >= 0.6 is 0 Å². The molecule has 0 amide bonds. The number of carbonyl (C=O) groups excluding carboxylic acids is 2. The number of ketones is 1. The minimum atomic E-state index is -0.702. The van der Waals surface area contributed by atoms with E-state index in [2.05, 4.69) is 0 Å². The van der Waals surface area contributed by atoms with E-state index < -0.39 is 11.7 Å². The Labute approximate surface area is 134 Å². The van der Waals surface area contributed by atoms with Crippen molar-refractivity contribution in [3.63, 3.8) is 0 Å². The number of carbonyl (C=O) groups is 2. The number of hydrogen-bond donors (Lipinski definition) is 2. The fraction of sp³-hybridized carbons (Fsp3) is 0.333. The number of allylic oxidation sites excluding steroid dienone is 3.